The van der Waals surface area contributed by atoms with E-state index in [4.69, 9.17) is 0 Å². The van der Waals surface area contributed by atoms with Crippen molar-refractivity contribution in [1.82, 2.24) is 14.5 Å². The molecule has 2 aromatic carbocycles. The fraction of sp³-hybridized carbons (Fsp3) is 0.440. The Morgan fingerprint density at radius 2 is 1.65 bits per heavy atom. The van der Waals surface area contributed by atoms with Gasteiger partial charge in [0.05, 0.1) is 4.90 Å². The van der Waals surface area contributed by atoms with Crippen molar-refractivity contribution in [3.63, 3.8) is 0 Å². The van der Waals surface area contributed by atoms with Gasteiger partial charge in [-0.15, -0.1) is 0 Å². The Bertz CT molecular complexity index is 1050. The van der Waals surface area contributed by atoms with Gasteiger partial charge in [0.25, 0.3) is 0 Å². The summed E-state index contributed by atoms with van der Waals surface area (Å²) < 4.78 is 27.6. The number of rotatable bonds is 12. The van der Waals surface area contributed by atoms with Crippen LogP contribution in [0, 0.1) is 0 Å². The molecule has 2 aromatic rings. The van der Waals surface area contributed by atoms with E-state index < -0.39 is 16.1 Å². The molecule has 186 valence electrons. The van der Waals surface area contributed by atoms with Gasteiger partial charge >= 0.3 is 0 Å². The third kappa shape index (κ3) is 7.92. The Labute approximate surface area is 211 Å². The molecule has 0 radical (unpaired) electrons. The predicted octanol–water partition coefficient (Wildman–Crippen LogP) is 4.18. The molecule has 0 bridgehead atoms. The van der Waals surface area contributed by atoms with E-state index in [2.05, 4.69) is 21.2 Å². The lowest BCUT2D eigenvalue weighted by molar-refractivity contribution is -0.141. The van der Waals surface area contributed by atoms with Crippen LogP contribution in [0.25, 0.3) is 0 Å². The lowest BCUT2D eigenvalue weighted by Crippen LogP contribution is -2.49. The second kappa shape index (κ2) is 13.0. The zero-order valence-electron chi connectivity index (χ0n) is 20.2. The molecule has 2 amide bonds. The number of carbonyl (C=O) groups is 2. The third-order valence-corrected chi connectivity index (χ3v) is 8.15. The zero-order valence-corrected chi connectivity index (χ0v) is 22.6. The molecular weight excluding hydrogens is 518 g/mol. The fourth-order valence-electron chi connectivity index (χ4n) is 3.32. The van der Waals surface area contributed by atoms with Gasteiger partial charge < -0.3 is 10.2 Å². The Morgan fingerprint density at radius 3 is 2.24 bits per heavy atom. The molecule has 0 unspecified atom stereocenters. The number of hydrogen-bond donors (Lipinski definition) is 1. The molecule has 2 atom stereocenters. The first-order valence-electron chi connectivity index (χ1n) is 11.4. The van der Waals surface area contributed by atoms with Crippen LogP contribution in [-0.2, 0) is 26.2 Å². The van der Waals surface area contributed by atoms with Gasteiger partial charge in [0.1, 0.15) is 6.04 Å². The molecular formula is C25H34BrN3O4S. The molecule has 0 saturated heterocycles. The number of amides is 2. The summed E-state index contributed by atoms with van der Waals surface area (Å²) >= 11 is 3.41. The highest BCUT2D eigenvalue weighted by Gasteiger charge is 2.27. The maximum absolute atomic E-state index is 13.2. The van der Waals surface area contributed by atoms with Gasteiger partial charge in [0.15, 0.2) is 0 Å². The number of nitrogens with one attached hydrogen (secondary N) is 1. The largest absolute Gasteiger partial charge is 0.352 e. The lowest BCUT2D eigenvalue weighted by atomic mass is 10.1. The predicted molar refractivity (Wildman–Crippen MR) is 138 cm³/mol. The Morgan fingerprint density at radius 1 is 1.03 bits per heavy atom. The normalized spacial score (nSPS) is 13.4. The fourth-order valence-corrected chi connectivity index (χ4v) is 4.82. The first-order valence-corrected chi connectivity index (χ1v) is 13.6. The van der Waals surface area contributed by atoms with E-state index in [1.807, 2.05) is 38.1 Å². The highest BCUT2D eigenvalue weighted by Crippen LogP contribution is 2.17. The summed E-state index contributed by atoms with van der Waals surface area (Å²) in [5.41, 5.74) is 0.906. The lowest BCUT2D eigenvalue weighted by Gasteiger charge is -2.30. The highest BCUT2D eigenvalue weighted by atomic mass is 79.9. The number of hydrogen-bond acceptors (Lipinski definition) is 4. The van der Waals surface area contributed by atoms with E-state index in [1.54, 1.807) is 42.2 Å². The number of sulfonamides is 1. The van der Waals surface area contributed by atoms with Crippen molar-refractivity contribution in [3.8, 4) is 0 Å². The first kappa shape index (κ1) is 28.0. The molecule has 0 aromatic heterocycles. The molecule has 0 fully saturated rings. The Balaban J connectivity index is 2.08. The number of halogens is 1. The van der Waals surface area contributed by atoms with Gasteiger partial charge in [0.2, 0.25) is 21.8 Å². The van der Waals surface area contributed by atoms with Crippen LogP contribution in [0.2, 0.25) is 0 Å². The summed E-state index contributed by atoms with van der Waals surface area (Å²) in [4.78, 5) is 27.7. The summed E-state index contributed by atoms with van der Waals surface area (Å²) in [6.07, 6.45) is 1.27. The Kier molecular flexibility index (Phi) is 10.7. The summed E-state index contributed by atoms with van der Waals surface area (Å²) in [5.74, 6) is -0.399. The molecule has 0 aliphatic heterocycles. The van der Waals surface area contributed by atoms with Crippen molar-refractivity contribution in [3.05, 3.63) is 64.6 Å². The minimum atomic E-state index is -3.62. The SMILES string of the molecule is CC[C@@H](C)NC(=O)[C@H](C)N(Cc1ccc(Br)cc1)C(=O)CCCN(C)S(=O)(=O)c1ccccc1. The Hall–Kier alpha value is -2.23. The molecule has 9 heteroatoms. The zero-order chi connectivity index (χ0) is 25.3. The van der Waals surface area contributed by atoms with Gasteiger partial charge in [-0.25, -0.2) is 12.7 Å². The standard InChI is InChI=1S/C25H34BrN3O4S/c1-5-19(2)27-25(31)20(3)29(18-21-13-15-22(26)16-14-21)24(30)12-9-17-28(4)34(32,33)23-10-7-6-8-11-23/h6-8,10-11,13-16,19-20H,5,9,12,17-18H2,1-4H3,(H,27,31)/t19-,20+/m1/s1. The van der Waals surface area contributed by atoms with E-state index in [0.29, 0.717) is 13.0 Å². The minimum Gasteiger partial charge on any atom is -0.352 e. The van der Waals surface area contributed by atoms with Gasteiger partial charge in [-0.2, -0.15) is 0 Å². The van der Waals surface area contributed by atoms with Crippen LogP contribution in [0.4, 0.5) is 0 Å². The molecule has 7 nitrogen and oxygen atoms in total. The van der Waals surface area contributed by atoms with Crippen molar-refractivity contribution in [2.24, 2.45) is 0 Å². The van der Waals surface area contributed by atoms with E-state index in [9.17, 15) is 18.0 Å². The minimum absolute atomic E-state index is 0.0106. The molecule has 34 heavy (non-hydrogen) atoms. The number of carbonyl (C=O) groups excluding carboxylic acids is 2. The van der Waals surface area contributed by atoms with Crippen LogP contribution in [0.15, 0.2) is 64.0 Å². The van der Waals surface area contributed by atoms with Crippen LogP contribution >= 0.6 is 15.9 Å². The molecule has 0 aliphatic carbocycles. The van der Waals surface area contributed by atoms with Crippen molar-refractivity contribution >= 4 is 37.8 Å². The van der Waals surface area contributed by atoms with Gasteiger partial charge in [-0.05, 0) is 56.5 Å². The molecule has 0 heterocycles. The quantitative estimate of drug-likeness (QED) is 0.428. The summed E-state index contributed by atoms with van der Waals surface area (Å²) in [7, 11) is -2.11. The second-order valence-electron chi connectivity index (χ2n) is 8.39. The van der Waals surface area contributed by atoms with Gasteiger partial charge in [-0.1, -0.05) is 53.2 Å². The molecule has 2 rings (SSSR count). The number of benzene rings is 2. The topological polar surface area (TPSA) is 86.8 Å². The van der Waals surface area contributed by atoms with Crippen LogP contribution in [0.5, 0.6) is 0 Å². The van der Waals surface area contributed by atoms with Crippen LogP contribution in [0.3, 0.4) is 0 Å². The third-order valence-electron chi connectivity index (χ3n) is 5.75. The van der Waals surface area contributed by atoms with Gasteiger partial charge in [0, 0.05) is 37.1 Å². The van der Waals surface area contributed by atoms with E-state index in [-0.39, 0.29) is 35.7 Å². The van der Waals surface area contributed by atoms with Crippen LogP contribution < -0.4 is 5.32 Å². The van der Waals surface area contributed by atoms with Crippen molar-refractivity contribution < 1.29 is 18.0 Å². The average molecular weight is 553 g/mol. The maximum atomic E-state index is 13.2. The van der Waals surface area contributed by atoms with Crippen molar-refractivity contribution in [2.45, 2.75) is 63.6 Å². The molecule has 1 N–H and O–H groups in total. The molecule has 0 aliphatic rings. The molecule has 0 saturated carbocycles. The van der Waals surface area contributed by atoms with Crippen LogP contribution in [-0.4, -0.2) is 55.1 Å². The van der Waals surface area contributed by atoms with E-state index >= 15 is 0 Å². The van der Waals surface area contributed by atoms with Crippen molar-refractivity contribution in [1.29, 1.82) is 0 Å². The first-order chi connectivity index (χ1) is 16.1. The number of nitrogens with zero attached hydrogens (tertiary/aromatic N) is 2. The van der Waals surface area contributed by atoms with Crippen molar-refractivity contribution in [2.75, 3.05) is 13.6 Å². The maximum Gasteiger partial charge on any atom is 0.242 e. The second-order valence-corrected chi connectivity index (χ2v) is 11.3. The van der Waals surface area contributed by atoms with E-state index in [1.165, 1.54) is 11.4 Å². The summed E-state index contributed by atoms with van der Waals surface area (Å²) in [6.45, 7) is 6.12. The molecule has 0 spiro atoms. The summed E-state index contributed by atoms with van der Waals surface area (Å²) in [6, 6.07) is 15.2. The smallest absolute Gasteiger partial charge is 0.242 e. The van der Waals surface area contributed by atoms with E-state index in [0.717, 1.165) is 16.5 Å². The monoisotopic (exact) mass is 551 g/mol. The highest BCUT2D eigenvalue weighted by molar-refractivity contribution is 9.10. The average Bonchev–Trinajstić information content (AvgIpc) is 2.83. The van der Waals surface area contributed by atoms with Gasteiger partial charge in [-0.3, -0.25) is 9.59 Å². The summed E-state index contributed by atoms with van der Waals surface area (Å²) in [5, 5.41) is 2.94. The van der Waals surface area contributed by atoms with Crippen LogP contribution in [0.1, 0.15) is 45.6 Å².